The van der Waals surface area contributed by atoms with Crippen LogP contribution in [0.1, 0.15) is 53.8 Å². The maximum absolute atomic E-state index is 13.0. The maximum Gasteiger partial charge on any atom is 0.258 e. The van der Waals surface area contributed by atoms with Crippen LogP contribution in [-0.4, -0.2) is 36.7 Å². The minimum absolute atomic E-state index is 0.117. The topological polar surface area (TPSA) is 98.8 Å². The van der Waals surface area contributed by atoms with Gasteiger partial charge < -0.3 is 20.4 Å². The number of benzene rings is 4. The minimum atomic E-state index is -0.215. The van der Waals surface area contributed by atoms with Crippen molar-refractivity contribution in [2.75, 3.05) is 33.5 Å². The van der Waals surface area contributed by atoms with Gasteiger partial charge in [0, 0.05) is 59.8 Å². The summed E-state index contributed by atoms with van der Waals surface area (Å²) in [5, 5.41) is 5.63. The van der Waals surface area contributed by atoms with Crippen LogP contribution >= 0.6 is 0 Å². The van der Waals surface area contributed by atoms with Crippen LogP contribution in [0.3, 0.4) is 0 Å². The summed E-state index contributed by atoms with van der Waals surface area (Å²) in [6.45, 7) is 4.91. The second-order valence-corrected chi connectivity index (χ2v) is 9.87. The largest absolute Gasteiger partial charge is 0.326 e. The first-order valence-corrected chi connectivity index (χ1v) is 14.4. The van der Waals surface area contributed by atoms with Gasteiger partial charge >= 0.3 is 0 Å². The molecule has 0 fully saturated rings. The highest BCUT2D eigenvalue weighted by atomic mass is 16.2. The van der Waals surface area contributed by atoms with Gasteiger partial charge in [-0.2, -0.15) is 0 Å². The lowest BCUT2D eigenvalue weighted by atomic mass is 10.1. The fourth-order valence-electron chi connectivity index (χ4n) is 4.66. The van der Waals surface area contributed by atoms with Crippen molar-refractivity contribution in [2.24, 2.45) is 0 Å². The zero-order valence-electron chi connectivity index (χ0n) is 24.5. The number of nitrogens with one attached hydrogen (secondary N) is 2. The summed E-state index contributed by atoms with van der Waals surface area (Å²) < 4.78 is 0. The van der Waals surface area contributed by atoms with Crippen LogP contribution in [0.15, 0.2) is 109 Å². The van der Waals surface area contributed by atoms with Crippen molar-refractivity contribution < 1.29 is 19.2 Å². The Kier molecular flexibility index (Phi) is 10.8. The van der Waals surface area contributed by atoms with Crippen molar-refractivity contribution in [1.29, 1.82) is 0 Å². The van der Waals surface area contributed by atoms with E-state index in [1.807, 2.05) is 74.5 Å². The van der Waals surface area contributed by atoms with E-state index in [0.717, 1.165) is 11.4 Å². The molecule has 8 heteroatoms. The summed E-state index contributed by atoms with van der Waals surface area (Å²) >= 11 is 0. The van der Waals surface area contributed by atoms with Gasteiger partial charge in [0.25, 0.3) is 11.8 Å². The number of para-hydroxylation sites is 2. The van der Waals surface area contributed by atoms with Gasteiger partial charge in [0.1, 0.15) is 0 Å². The summed E-state index contributed by atoms with van der Waals surface area (Å²) in [6.07, 6.45) is 0.715. The highest BCUT2D eigenvalue weighted by molar-refractivity contribution is 6.07. The Hall–Kier alpha value is -5.24. The number of hydrogen-bond donors (Lipinski definition) is 2. The molecule has 0 aliphatic rings. The molecule has 4 aromatic carbocycles. The number of carbonyl (C=O) groups is 4. The van der Waals surface area contributed by atoms with Crippen LogP contribution in [0, 0.1) is 0 Å². The van der Waals surface area contributed by atoms with E-state index < -0.39 is 0 Å². The predicted octanol–water partition coefficient (Wildman–Crippen LogP) is 6.77. The molecule has 0 atom stereocenters. The van der Waals surface area contributed by atoms with Crippen molar-refractivity contribution in [3.8, 4) is 0 Å². The van der Waals surface area contributed by atoms with Crippen LogP contribution in [0.5, 0.6) is 0 Å². The van der Waals surface area contributed by atoms with E-state index in [4.69, 9.17) is 0 Å². The minimum Gasteiger partial charge on any atom is -0.326 e. The van der Waals surface area contributed by atoms with Crippen molar-refractivity contribution in [1.82, 2.24) is 0 Å². The van der Waals surface area contributed by atoms with Crippen LogP contribution in [0.25, 0.3) is 0 Å². The molecular weight excluding hydrogens is 540 g/mol. The Morgan fingerprint density at radius 2 is 0.860 bits per heavy atom. The lowest BCUT2D eigenvalue weighted by molar-refractivity contribution is -0.117. The van der Waals surface area contributed by atoms with Gasteiger partial charge in [0.15, 0.2) is 0 Å². The highest BCUT2D eigenvalue weighted by Gasteiger charge is 2.17. The molecule has 4 rings (SSSR count). The first-order chi connectivity index (χ1) is 20.9. The first kappa shape index (κ1) is 30.7. The molecule has 0 unspecified atom stereocenters. The third-order valence-corrected chi connectivity index (χ3v) is 6.90. The normalized spacial score (nSPS) is 10.5. The molecule has 220 valence electrons. The summed E-state index contributed by atoms with van der Waals surface area (Å²) in [5.41, 5.74) is 3.86. The number of amides is 4. The molecule has 0 radical (unpaired) electrons. The van der Waals surface area contributed by atoms with E-state index in [0.29, 0.717) is 42.0 Å². The van der Waals surface area contributed by atoms with E-state index in [1.165, 1.54) is 0 Å². The molecule has 0 saturated carbocycles. The molecule has 8 nitrogen and oxygen atoms in total. The van der Waals surface area contributed by atoms with Crippen LogP contribution in [0.4, 0.5) is 22.7 Å². The maximum atomic E-state index is 13.0. The van der Waals surface area contributed by atoms with Crippen LogP contribution in [-0.2, 0) is 9.59 Å². The smallest absolute Gasteiger partial charge is 0.258 e. The average molecular weight is 577 g/mol. The predicted molar refractivity (Wildman–Crippen MR) is 172 cm³/mol. The molecule has 0 aromatic heterocycles. The summed E-state index contributed by atoms with van der Waals surface area (Å²) in [4.78, 5) is 54.2. The highest BCUT2D eigenvalue weighted by Crippen LogP contribution is 2.20. The fraction of sp³-hybridized carbons (Fsp3) is 0.200. The monoisotopic (exact) mass is 576 g/mol. The van der Waals surface area contributed by atoms with Gasteiger partial charge in [0.05, 0.1) is 0 Å². The van der Waals surface area contributed by atoms with Crippen molar-refractivity contribution in [2.45, 2.75) is 33.1 Å². The van der Waals surface area contributed by atoms with Crippen molar-refractivity contribution >= 4 is 46.4 Å². The molecule has 0 bridgehead atoms. The Balaban J connectivity index is 1.21. The number of anilines is 4. The molecule has 0 spiro atoms. The molecule has 0 heterocycles. The molecule has 0 saturated heterocycles. The third-order valence-electron chi connectivity index (χ3n) is 6.90. The zero-order chi connectivity index (χ0) is 30.6. The Bertz CT molecular complexity index is 1410. The van der Waals surface area contributed by atoms with Crippen LogP contribution < -0.4 is 20.4 Å². The van der Waals surface area contributed by atoms with E-state index in [-0.39, 0.29) is 36.5 Å². The quantitative estimate of drug-likeness (QED) is 0.195. The second-order valence-electron chi connectivity index (χ2n) is 9.87. The number of nitrogens with zero attached hydrogens (tertiary/aromatic N) is 2. The third kappa shape index (κ3) is 8.39. The fourth-order valence-corrected chi connectivity index (χ4v) is 4.66. The Morgan fingerprint density at radius 3 is 1.19 bits per heavy atom. The van der Waals surface area contributed by atoms with Gasteiger partial charge in [0.2, 0.25) is 11.8 Å². The number of carbonyl (C=O) groups excluding carboxylic acids is 4. The molecule has 43 heavy (non-hydrogen) atoms. The average Bonchev–Trinajstić information content (AvgIpc) is 3.03. The van der Waals surface area contributed by atoms with Crippen molar-refractivity contribution in [3.05, 3.63) is 120 Å². The molecule has 2 N–H and O–H groups in total. The van der Waals surface area contributed by atoms with Crippen LogP contribution in [0.2, 0.25) is 0 Å². The zero-order valence-corrected chi connectivity index (χ0v) is 24.5. The number of hydrogen-bond acceptors (Lipinski definition) is 4. The van der Waals surface area contributed by atoms with Gasteiger partial charge in [-0.1, -0.05) is 36.4 Å². The second kappa shape index (κ2) is 15.1. The van der Waals surface area contributed by atoms with E-state index >= 15 is 0 Å². The molecule has 4 aromatic rings. The summed E-state index contributed by atoms with van der Waals surface area (Å²) in [6, 6.07) is 32.5. The van der Waals surface area contributed by atoms with Crippen molar-refractivity contribution in [3.63, 3.8) is 0 Å². The molecular formula is C35H36N4O4. The Morgan fingerprint density at radius 1 is 0.512 bits per heavy atom. The summed E-state index contributed by atoms with van der Waals surface area (Å²) in [7, 11) is 0. The van der Waals surface area contributed by atoms with E-state index in [9.17, 15) is 19.2 Å². The van der Waals surface area contributed by atoms with E-state index in [2.05, 4.69) is 10.6 Å². The van der Waals surface area contributed by atoms with Gasteiger partial charge in [-0.05, 0) is 93.1 Å². The molecule has 0 aliphatic heterocycles. The number of rotatable bonds is 12. The SMILES string of the molecule is CCN(C(=O)c1ccc(NC(=O)CCCC(=O)Nc2ccc(C(=O)N(CC)c3ccccc3)cc2)cc1)c1ccccc1. The van der Waals surface area contributed by atoms with Gasteiger partial charge in [-0.25, -0.2) is 0 Å². The molecule has 4 amide bonds. The summed E-state index contributed by atoms with van der Waals surface area (Å²) in [5.74, 6) is -0.663. The first-order valence-electron chi connectivity index (χ1n) is 14.4. The Labute approximate surface area is 252 Å². The lowest BCUT2D eigenvalue weighted by Crippen LogP contribution is -2.30. The lowest BCUT2D eigenvalue weighted by Gasteiger charge is -2.21. The van der Waals surface area contributed by atoms with E-state index in [1.54, 1.807) is 58.3 Å². The van der Waals surface area contributed by atoms with Gasteiger partial charge in [-0.15, -0.1) is 0 Å². The van der Waals surface area contributed by atoms with Gasteiger partial charge in [-0.3, -0.25) is 19.2 Å². The standard InChI is InChI=1S/C35H36N4O4/c1-3-38(30-12-7-5-8-13-30)34(42)26-18-22-28(23-19-26)36-32(40)16-11-17-33(41)37-29-24-20-27(21-25-29)35(43)39(4-2)31-14-9-6-10-15-31/h5-10,12-15,18-25H,3-4,11,16-17H2,1-2H3,(H,36,40)(H,37,41). The molecule has 0 aliphatic carbocycles.